The lowest BCUT2D eigenvalue weighted by atomic mass is 10.3. The fourth-order valence-electron chi connectivity index (χ4n) is 1.48. The molecule has 0 aromatic carbocycles. The molecule has 0 aliphatic carbocycles. The van der Waals surface area contributed by atoms with E-state index in [-0.39, 0.29) is 17.3 Å². The number of hydrogen-bond acceptors (Lipinski definition) is 4. The molecule has 0 radical (unpaired) electrons. The van der Waals surface area contributed by atoms with Crippen molar-refractivity contribution in [2.45, 2.75) is 0 Å². The number of primary amides is 1. The summed E-state index contributed by atoms with van der Waals surface area (Å²) in [5.41, 5.74) is 5.73. The van der Waals surface area contributed by atoms with Gasteiger partial charge in [0.05, 0.1) is 18.0 Å². The average Bonchev–Trinajstić information content (AvgIpc) is 2.87. The summed E-state index contributed by atoms with van der Waals surface area (Å²) in [6.07, 6.45) is 4.30. The average molecular weight is 248 g/mol. The highest BCUT2D eigenvalue weighted by atomic mass is 16.2. The van der Waals surface area contributed by atoms with E-state index in [1.165, 1.54) is 21.8 Å². The van der Waals surface area contributed by atoms with E-state index in [0.717, 1.165) is 0 Å². The van der Waals surface area contributed by atoms with E-state index in [1.807, 2.05) is 0 Å². The Balaban J connectivity index is 2.27. The molecule has 2 aromatic rings. The van der Waals surface area contributed by atoms with E-state index in [2.05, 4.69) is 15.5 Å². The molecule has 0 atom stereocenters. The summed E-state index contributed by atoms with van der Waals surface area (Å²) in [5.74, 6) is -0.768. The Morgan fingerprint density at radius 2 is 2.00 bits per heavy atom. The van der Waals surface area contributed by atoms with Gasteiger partial charge in [0.25, 0.3) is 11.8 Å². The molecule has 94 valence electrons. The van der Waals surface area contributed by atoms with Gasteiger partial charge in [-0.05, 0) is 0 Å². The van der Waals surface area contributed by atoms with Crippen molar-refractivity contribution >= 4 is 17.6 Å². The number of hydrogen-bond donors (Lipinski definition) is 2. The third-order valence-electron chi connectivity index (χ3n) is 2.40. The predicted molar refractivity (Wildman–Crippen MR) is 62.9 cm³/mol. The number of rotatable bonds is 3. The molecule has 0 spiro atoms. The van der Waals surface area contributed by atoms with E-state index in [4.69, 9.17) is 5.73 Å². The number of anilines is 1. The number of amides is 2. The Bertz CT molecular complexity index is 612. The lowest BCUT2D eigenvalue weighted by Gasteiger charge is -2.05. The van der Waals surface area contributed by atoms with Crippen molar-refractivity contribution in [1.29, 1.82) is 0 Å². The van der Waals surface area contributed by atoms with Crippen LogP contribution in [-0.4, -0.2) is 31.4 Å². The number of nitrogens with zero attached hydrogens (tertiary/aromatic N) is 4. The molecule has 18 heavy (non-hydrogen) atoms. The second-order valence-corrected chi connectivity index (χ2v) is 3.75. The van der Waals surface area contributed by atoms with Gasteiger partial charge in [0, 0.05) is 20.3 Å². The van der Waals surface area contributed by atoms with E-state index in [0.29, 0.717) is 5.56 Å². The first kappa shape index (κ1) is 11.8. The fraction of sp³-hybridized carbons (Fsp3) is 0.200. The van der Waals surface area contributed by atoms with Crippen LogP contribution in [0.1, 0.15) is 20.7 Å². The second-order valence-electron chi connectivity index (χ2n) is 3.75. The van der Waals surface area contributed by atoms with E-state index < -0.39 is 5.91 Å². The van der Waals surface area contributed by atoms with Crippen LogP contribution in [-0.2, 0) is 14.1 Å². The zero-order valence-electron chi connectivity index (χ0n) is 9.91. The molecule has 0 unspecified atom stereocenters. The summed E-state index contributed by atoms with van der Waals surface area (Å²) in [6.45, 7) is 0. The number of nitrogens with one attached hydrogen (secondary N) is 1. The Morgan fingerprint density at radius 1 is 1.28 bits per heavy atom. The summed E-state index contributed by atoms with van der Waals surface area (Å²) < 4.78 is 2.88. The Labute approximate surface area is 102 Å². The van der Waals surface area contributed by atoms with E-state index >= 15 is 0 Å². The third kappa shape index (κ3) is 2.08. The van der Waals surface area contributed by atoms with Gasteiger partial charge in [-0.2, -0.15) is 10.2 Å². The van der Waals surface area contributed by atoms with Gasteiger partial charge in [-0.3, -0.25) is 19.0 Å². The van der Waals surface area contributed by atoms with Gasteiger partial charge < -0.3 is 11.1 Å². The maximum absolute atomic E-state index is 11.9. The summed E-state index contributed by atoms with van der Waals surface area (Å²) >= 11 is 0. The van der Waals surface area contributed by atoms with Gasteiger partial charge in [-0.1, -0.05) is 0 Å². The van der Waals surface area contributed by atoms with Crippen LogP contribution in [0, 0.1) is 0 Å². The molecule has 2 aromatic heterocycles. The van der Waals surface area contributed by atoms with Crippen LogP contribution in [0.3, 0.4) is 0 Å². The molecule has 0 aliphatic heterocycles. The first-order valence-corrected chi connectivity index (χ1v) is 5.11. The van der Waals surface area contributed by atoms with Crippen LogP contribution in [0.15, 0.2) is 18.6 Å². The largest absolute Gasteiger partial charge is 0.365 e. The first-order chi connectivity index (χ1) is 8.49. The van der Waals surface area contributed by atoms with Gasteiger partial charge in [-0.15, -0.1) is 0 Å². The van der Waals surface area contributed by atoms with Gasteiger partial charge in [0.1, 0.15) is 11.4 Å². The minimum atomic E-state index is -0.649. The van der Waals surface area contributed by atoms with Crippen molar-refractivity contribution in [3.63, 3.8) is 0 Å². The van der Waals surface area contributed by atoms with Crippen LogP contribution in [0.2, 0.25) is 0 Å². The highest BCUT2D eigenvalue weighted by Crippen LogP contribution is 2.14. The highest BCUT2D eigenvalue weighted by Gasteiger charge is 2.17. The van der Waals surface area contributed by atoms with Gasteiger partial charge >= 0.3 is 0 Å². The minimum absolute atomic E-state index is 0.162. The van der Waals surface area contributed by atoms with Crippen molar-refractivity contribution in [1.82, 2.24) is 19.6 Å². The molecule has 2 rings (SSSR count). The molecule has 0 aliphatic rings. The predicted octanol–water partition coefficient (Wildman–Crippen LogP) is -0.495. The Morgan fingerprint density at radius 3 is 2.56 bits per heavy atom. The van der Waals surface area contributed by atoms with Crippen LogP contribution < -0.4 is 11.1 Å². The van der Waals surface area contributed by atoms with Crippen LogP contribution in [0.4, 0.5) is 5.82 Å². The van der Waals surface area contributed by atoms with Crippen molar-refractivity contribution in [2.24, 2.45) is 19.8 Å². The number of carbonyl (C=O) groups is 2. The topological polar surface area (TPSA) is 108 Å². The minimum Gasteiger partial charge on any atom is -0.365 e. The van der Waals surface area contributed by atoms with Gasteiger partial charge in [0.15, 0.2) is 0 Å². The van der Waals surface area contributed by atoms with Crippen molar-refractivity contribution in [3.05, 3.63) is 29.7 Å². The number of aromatic nitrogens is 4. The smallest absolute Gasteiger partial charge is 0.260 e. The van der Waals surface area contributed by atoms with Crippen LogP contribution >= 0.6 is 0 Å². The normalized spacial score (nSPS) is 10.3. The molecule has 8 nitrogen and oxygen atoms in total. The molecule has 0 saturated carbocycles. The molecule has 0 saturated heterocycles. The van der Waals surface area contributed by atoms with Gasteiger partial charge in [-0.25, -0.2) is 0 Å². The standard InChI is InChI=1S/C10H12N6O2/c1-15-5-6(3-12-15)10(18)14-9-7(8(11)17)4-13-16(9)2/h3-5H,1-2H3,(H2,11,17)(H,14,18). The molecule has 3 N–H and O–H groups in total. The van der Waals surface area contributed by atoms with E-state index in [1.54, 1.807) is 20.3 Å². The maximum atomic E-state index is 11.9. The monoisotopic (exact) mass is 248 g/mol. The fourth-order valence-corrected chi connectivity index (χ4v) is 1.48. The SMILES string of the molecule is Cn1cc(C(=O)Nc2c(C(N)=O)cnn2C)cn1. The highest BCUT2D eigenvalue weighted by molar-refractivity contribution is 6.07. The molecule has 2 heterocycles. The molecular weight excluding hydrogens is 236 g/mol. The second kappa shape index (κ2) is 4.32. The summed E-state index contributed by atoms with van der Waals surface area (Å²) in [5, 5.41) is 10.3. The van der Waals surface area contributed by atoms with E-state index in [9.17, 15) is 9.59 Å². The lowest BCUT2D eigenvalue weighted by Crippen LogP contribution is -2.19. The van der Waals surface area contributed by atoms with Crippen LogP contribution in [0.25, 0.3) is 0 Å². The maximum Gasteiger partial charge on any atom is 0.260 e. The number of aryl methyl sites for hydroxylation is 2. The quantitative estimate of drug-likeness (QED) is 0.763. The summed E-state index contributed by atoms with van der Waals surface area (Å²) in [6, 6.07) is 0. The first-order valence-electron chi connectivity index (χ1n) is 5.11. The van der Waals surface area contributed by atoms with Crippen molar-refractivity contribution < 1.29 is 9.59 Å². The van der Waals surface area contributed by atoms with Crippen molar-refractivity contribution in [3.8, 4) is 0 Å². The summed E-state index contributed by atoms with van der Waals surface area (Å²) in [4.78, 5) is 23.1. The molecule has 2 amide bonds. The zero-order valence-corrected chi connectivity index (χ0v) is 9.91. The molecular formula is C10H12N6O2. The molecule has 8 heteroatoms. The zero-order chi connectivity index (χ0) is 13.3. The summed E-state index contributed by atoms with van der Waals surface area (Å²) in [7, 11) is 3.31. The number of carbonyl (C=O) groups excluding carboxylic acids is 2. The Hall–Kier alpha value is -2.64. The Kier molecular flexibility index (Phi) is 2.84. The van der Waals surface area contributed by atoms with Crippen molar-refractivity contribution in [2.75, 3.05) is 5.32 Å². The molecule has 0 bridgehead atoms. The van der Waals surface area contributed by atoms with Crippen LogP contribution in [0.5, 0.6) is 0 Å². The number of nitrogens with two attached hydrogens (primary N) is 1. The third-order valence-corrected chi connectivity index (χ3v) is 2.40. The van der Waals surface area contributed by atoms with Gasteiger partial charge in [0.2, 0.25) is 0 Å². The molecule has 0 fully saturated rings. The lowest BCUT2D eigenvalue weighted by molar-refractivity contribution is 0.100.